The number of hydrogen-bond donors (Lipinski definition) is 1. The van der Waals surface area contributed by atoms with E-state index in [9.17, 15) is 0 Å². The number of allylic oxidation sites excluding steroid dienone is 2. The van der Waals surface area contributed by atoms with Gasteiger partial charge >= 0.3 is 0 Å². The Morgan fingerprint density at radius 2 is 2.17 bits per heavy atom. The third kappa shape index (κ3) is 7.55. The number of rotatable bonds is 7. The lowest BCUT2D eigenvalue weighted by atomic mass is 10.2. The topological polar surface area (TPSA) is 12.0 Å². The van der Waals surface area contributed by atoms with E-state index < -0.39 is 0 Å². The SMILES string of the molecule is C=CCC(C)=CCCNCCC. The second-order valence-electron chi connectivity index (χ2n) is 3.08. The van der Waals surface area contributed by atoms with E-state index in [0.717, 1.165) is 25.9 Å². The second kappa shape index (κ2) is 8.54. The molecular weight excluding hydrogens is 146 g/mol. The van der Waals surface area contributed by atoms with Crippen LogP contribution in [0.25, 0.3) is 0 Å². The molecule has 0 unspecified atom stereocenters. The Kier molecular flexibility index (Phi) is 8.14. The largest absolute Gasteiger partial charge is 0.316 e. The van der Waals surface area contributed by atoms with Gasteiger partial charge in [0.2, 0.25) is 0 Å². The van der Waals surface area contributed by atoms with Crippen LogP contribution in [0, 0.1) is 0 Å². The van der Waals surface area contributed by atoms with Crippen molar-refractivity contribution in [3.8, 4) is 0 Å². The fraction of sp³-hybridized carbons (Fsp3) is 0.636. The minimum atomic E-state index is 1.02. The van der Waals surface area contributed by atoms with Crippen molar-refractivity contribution in [2.24, 2.45) is 0 Å². The predicted octanol–water partition coefficient (Wildman–Crippen LogP) is 2.90. The van der Waals surface area contributed by atoms with Crippen LogP contribution in [-0.4, -0.2) is 13.1 Å². The average Bonchev–Trinajstić information content (AvgIpc) is 2.05. The summed E-state index contributed by atoms with van der Waals surface area (Å²) in [5.41, 5.74) is 1.42. The maximum atomic E-state index is 3.70. The summed E-state index contributed by atoms with van der Waals surface area (Å²) in [6.45, 7) is 10.3. The van der Waals surface area contributed by atoms with Gasteiger partial charge in [0.25, 0.3) is 0 Å². The van der Waals surface area contributed by atoms with Crippen molar-refractivity contribution >= 4 is 0 Å². The minimum Gasteiger partial charge on any atom is -0.316 e. The van der Waals surface area contributed by atoms with E-state index in [1.54, 1.807) is 0 Å². The van der Waals surface area contributed by atoms with E-state index in [1.807, 2.05) is 6.08 Å². The van der Waals surface area contributed by atoms with Crippen LogP contribution in [0.2, 0.25) is 0 Å². The summed E-state index contributed by atoms with van der Waals surface area (Å²) in [6, 6.07) is 0. The lowest BCUT2D eigenvalue weighted by Gasteiger charge is -1.99. The molecule has 1 N–H and O–H groups in total. The smallest absolute Gasteiger partial charge is 0.00142 e. The molecule has 70 valence electrons. The zero-order valence-electron chi connectivity index (χ0n) is 8.40. The van der Waals surface area contributed by atoms with Crippen LogP contribution < -0.4 is 5.32 Å². The molecule has 0 spiro atoms. The molecule has 1 nitrogen and oxygen atoms in total. The summed E-state index contributed by atoms with van der Waals surface area (Å²) in [6.07, 6.45) is 7.61. The Hall–Kier alpha value is -0.560. The fourth-order valence-corrected chi connectivity index (χ4v) is 1.03. The molecule has 0 aliphatic carbocycles. The maximum absolute atomic E-state index is 3.70. The molecule has 0 saturated carbocycles. The van der Waals surface area contributed by atoms with Crippen molar-refractivity contribution in [3.05, 3.63) is 24.3 Å². The molecule has 0 aromatic carbocycles. The zero-order chi connectivity index (χ0) is 9.23. The van der Waals surface area contributed by atoms with E-state index in [-0.39, 0.29) is 0 Å². The molecule has 1 heteroatoms. The van der Waals surface area contributed by atoms with Gasteiger partial charge in [0, 0.05) is 0 Å². The molecular formula is C11H21N. The first kappa shape index (κ1) is 11.4. The Morgan fingerprint density at radius 1 is 1.42 bits per heavy atom. The lowest BCUT2D eigenvalue weighted by Crippen LogP contribution is -2.15. The van der Waals surface area contributed by atoms with Gasteiger partial charge in [0.15, 0.2) is 0 Å². The summed E-state index contributed by atoms with van der Waals surface area (Å²) < 4.78 is 0. The van der Waals surface area contributed by atoms with Crippen LogP contribution in [0.3, 0.4) is 0 Å². The Bertz CT molecular complexity index is 136. The van der Waals surface area contributed by atoms with Crippen molar-refractivity contribution in [1.82, 2.24) is 5.32 Å². The van der Waals surface area contributed by atoms with Gasteiger partial charge in [0.05, 0.1) is 0 Å². The van der Waals surface area contributed by atoms with Gasteiger partial charge in [0.1, 0.15) is 0 Å². The van der Waals surface area contributed by atoms with Crippen molar-refractivity contribution < 1.29 is 0 Å². The van der Waals surface area contributed by atoms with Gasteiger partial charge in [-0.3, -0.25) is 0 Å². The first-order valence-corrected chi connectivity index (χ1v) is 4.78. The van der Waals surface area contributed by atoms with E-state index in [4.69, 9.17) is 0 Å². The zero-order valence-corrected chi connectivity index (χ0v) is 8.40. The van der Waals surface area contributed by atoms with E-state index >= 15 is 0 Å². The molecule has 0 saturated heterocycles. The summed E-state index contributed by atoms with van der Waals surface area (Å²) in [4.78, 5) is 0. The van der Waals surface area contributed by atoms with Gasteiger partial charge in [-0.2, -0.15) is 0 Å². The van der Waals surface area contributed by atoms with Crippen molar-refractivity contribution in [1.29, 1.82) is 0 Å². The van der Waals surface area contributed by atoms with E-state index in [0.29, 0.717) is 0 Å². The van der Waals surface area contributed by atoms with Crippen molar-refractivity contribution in [2.75, 3.05) is 13.1 Å². The molecule has 0 amide bonds. The van der Waals surface area contributed by atoms with Crippen molar-refractivity contribution in [3.63, 3.8) is 0 Å². The average molecular weight is 167 g/mol. The van der Waals surface area contributed by atoms with Crippen LogP contribution in [0.15, 0.2) is 24.3 Å². The highest BCUT2D eigenvalue weighted by Crippen LogP contribution is 2.00. The first-order chi connectivity index (χ1) is 5.81. The fourth-order valence-electron chi connectivity index (χ4n) is 1.03. The van der Waals surface area contributed by atoms with Crippen LogP contribution in [-0.2, 0) is 0 Å². The van der Waals surface area contributed by atoms with E-state index in [1.165, 1.54) is 12.0 Å². The molecule has 0 aliphatic rings. The molecule has 0 heterocycles. The van der Waals surface area contributed by atoms with Crippen LogP contribution in [0.4, 0.5) is 0 Å². The molecule has 0 rings (SSSR count). The van der Waals surface area contributed by atoms with Gasteiger partial charge in [-0.25, -0.2) is 0 Å². The van der Waals surface area contributed by atoms with Crippen LogP contribution >= 0.6 is 0 Å². The minimum absolute atomic E-state index is 1.02. The molecule has 0 aromatic heterocycles. The van der Waals surface area contributed by atoms with Gasteiger partial charge in [-0.05, 0) is 39.3 Å². The number of hydrogen-bond acceptors (Lipinski definition) is 1. The molecule has 12 heavy (non-hydrogen) atoms. The summed E-state index contributed by atoms with van der Waals surface area (Å²) >= 11 is 0. The molecule has 0 atom stereocenters. The molecule has 0 radical (unpaired) electrons. The third-order valence-corrected chi connectivity index (χ3v) is 1.71. The van der Waals surface area contributed by atoms with Crippen LogP contribution in [0.5, 0.6) is 0 Å². The predicted molar refractivity (Wildman–Crippen MR) is 56.3 cm³/mol. The van der Waals surface area contributed by atoms with Gasteiger partial charge < -0.3 is 5.32 Å². The molecule has 0 fully saturated rings. The standard InChI is InChI=1S/C11H21N/c1-4-7-11(3)8-6-10-12-9-5-2/h4,8,12H,1,5-7,9-10H2,2-3H3. The molecule has 0 bridgehead atoms. The normalized spacial score (nSPS) is 11.7. The molecule has 0 aliphatic heterocycles. The summed E-state index contributed by atoms with van der Waals surface area (Å²) in [7, 11) is 0. The summed E-state index contributed by atoms with van der Waals surface area (Å²) in [5, 5.41) is 3.36. The quantitative estimate of drug-likeness (QED) is 0.454. The Morgan fingerprint density at radius 3 is 2.75 bits per heavy atom. The lowest BCUT2D eigenvalue weighted by molar-refractivity contribution is 0.677. The van der Waals surface area contributed by atoms with Gasteiger partial charge in [-0.1, -0.05) is 24.6 Å². The second-order valence-corrected chi connectivity index (χ2v) is 3.08. The first-order valence-electron chi connectivity index (χ1n) is 4.78. The highest BCUT2D eigenvalue weighted by Gasteiger charge is 1.85. The highest BCUT2D eigenvalue weighted by atomic mass is 14.8. The third-order valence-electron chi connectivity index (χ3n) is 1.71. The molecule has 0 aromatic rings. The number of nitrogens with one attached hydrogen (secondary N) is 1. The van der Waals surface area contributed by atoms with Gasteiger partial charge in [-0.15, -0.1) is 6.58 Å². The van der Waals surface area contributed by atoms with Crippen molar-refractivity contribution in [2.45, 2.75) is 33.1 Å². The van der Waals surface area contributed by atoms with E-state index in [2.05, 4.69) is 31.8 Å². The Labute approximate surface area is 76.6 Å². The van der Waals surface area contributed by atoms with Crippen LogP contribution in [0.1, 0.15) is 33.1 Å². The Balaban J connectivity index is 3.27. The highest BCUT2D eigenvalue weighted by molar-refractivity contribution is 5.02. The monoisotopic (exact) mass is 167 g/mol. The summed E-state index contributed by atoms with van der Waals surface area (Å²) in [5.74, 6) is 0. The maximum Gasteiger partial charge on any atom is -0.00142 e.